The number of rotatable bonds is 16. The average molecular weight is 703 g/mol. The standard InChI is InChI=1S/C41H78O3Si3/c1-20-21-26-33(3)37(43-46(16,17)40(8,9)10)28-27-35-36(34(4)31-38(35)44-47(18,19)41(11,12)13)30-32(2)25-23-22-24-29-42-45(14,15)39(5,6)7/h25,27-28,33,35-38H,4,22-24,26,29-31H2,1-3,5-19H3/b28-27+,32-25+/t33?,35-,36+,37-,38-/m1/s1. The fraction of sp³-hybridized carbons (Fsp3) is 0.805. The molecule has 0 amide bonds. The zero-order chi connectivity index (χ0) is 36.6. The maximum Gasteiger partial charge on any atom is 0.192 e. The van der Waals surface area contributed by atoms with Gasteiger partial charge in [-0.3, -0.25) is 0 Å². The fourth-order valence-electron chi connectivity index (χ4n) is 5.34. The van der Waals surface area contributed by atoms with E-state index >= 15 is 0 Å². The molecule has 1 fully saturated rings. The fourth-order valence-corrected chi connectivity index (χ4v) is 9.12. The van der Waals surface area contributed by atoms with Crippen LogP contribution in [-0.2, 0) is 13.3 Å². The van der Waals surface area contributed by atoms with Crippen molar-refractivity contribution in [2.75, 3.05) is 6.61 Å². The Labute approximate surface area is 297 Å². The molecule has 1 aliphatic rings. The van der Waals surface area contributed by atoms with E-state index in [9.17, 15) is 0 Å². The molecule has 1 unspecified atom stereocenters. The molecular formula is C41H78O3Si3. The Hall–Kier alpha value is -0.689. The molecule has 0 heterocycles. The maximum absolute atomic E-state index is 7.19. The SMILES string of the molecule is C=C1C[C@@H](O[Si](C)(C)C(C)(C)C)[C@H](/C=C/[C@@H](O[Si](C)(C)C(C)(C)C)C(C)CC#CC)[C@H]1C/C(C)=C/CCCCO[Si](C)(C)C(C)(C)C. The molecule has 0 spiro atoms. The minimum atomic E-state index is -1.99. The molecule has 47 heavy (non-hydrogen) atoms. The Morgan fingerprint density at radius 1 is 0.894 bits per heavy atom. The summed E-state index contributed by atoms with van der Waals surface area (Å²) in [4.78, 5) is 0. The van der Waals surface area contributed by atoms with Gasteiger partial charge >= 0.3 is 0 Å². The Balaban J connectivity index is 3.27. The highest BCUT2D eigenvalue weighted by atomic mass is 28.4. The number of hydrogen-bond acceptors (Lipinski definition) is 3. The van der Waals surface area contributed by atoms with E-state index in [4.69, 9.17) is 13.3 Å². The molecule has 1 aliphatic carbocycles. The summed E-state index contributed by atoms with van der Waals surface area (Å²) in [7, 11) is -5.63. The lowest BCUT2D eigenvalue weighted by Crippen LogP contribution is -2.45. The number of allylic oxidation sites excluding steroid dienone is 2. The maximum atomic E-state index is 7.19. The van der Waals surface area contributed by atoms with Gasteiger partial charge in [0.25, 0.3) is 0 Å². The van der Waals surface area contributed by atoms with E-state index in [0.717, 1.165) is 38.7 Å². The van der Waals surface area contributed by atoms with Gasteiger partial charge in [0, 0.05) is 18.9 Å². The third-order valence-electron chi connectivity index (χ3n) is 12.0. The molecule has 272 valence electrons. The first kappa shape index (κ1) is 44.3. The Kier molecular flexibility index (Phi) is 16.5. The minimum Gasteiger partial charge on any atom is -0.417 e. The van der Waals surface area contributed by atoms with Gasteiger partial charge in [-0.25, -0.2) is 0 Å². The van der Waals surface area contributed by atoms with Crippen LogP contribution in [0.2, 0.25) is 54.4 Å². The van der Waals surface area contributed by atoms with Crippen LogP contribution in [0, 0.1) is 29.6 Å². The van der Waals surface area contributed by atoms with Crippen molar-refractivity contribution in [1.29, 1.82) is 0 Å². The van der Waals surface area contributed by atoms with Crippen molar-refractivity contribution < 1.29 is 13.3 Å². The van der Waals surface area contributed by atoms with Gasteiger partial charge in [-0.15, -0.1) is 11.8 Å². The summed E-state index contributed by atoms with van der Waals surface area (Å²) < 4.78 is 20.7. The van der Waals surface area contributed by atoms with Crippen molar-refractivity contribution >= 4 is 25.0 Å². The monoisotopic (exact) mass is 703 g/mol. The van der Waals surface area contributed by atoms with Crippen molar-refractivity contribution in [3.63, 3.8) is 0 Å². The van der Waals surface area contributed by atoms with Gasteiger partial charge in [-0.1, -0.05) is 105 Å². The smallest absolute Gasteiger partial charge is 0.192 e. The summed E-state index contributed by atoms with van der Waals surface area (Å²) in [6.45, 7) is 47.2. The van der Waals surface area contributed by atoms with Gasteiger partial charge < -0.3 is 13.3 Å². The van der Waals surface area contributed by atoms with E-state index in [1.165, 1.54) is 17.6 Å². The van der Waals surface area contributed by atoms with E-state index in [1.807, 2.05) is 6.92 Å². The molecule has 1 saturated carbocycles. The van der Waals surface area contributed by atoms with E-state index in [2.05, 4.69) is 152 Å². The zero-order valence-corrected chi connectivity index (χ0v) is 37.5. The summed E-state index contributed by atoms with van der Waals surface area (Å²) in [5, 5.41) is 0.571. The normalized spacial score (nSPS) is 22.0. The number of unbranched alkanes of at least 4 members (excludes halogenated alkanes) is 2. The molecule has 5 atom stereocenters. The van der Waals surface area contributed by atoms with Gasteiger partial charge in [-0.05, 0) is 112 Å². The zero-order valence-electron chi connectivity index (χ0n) is 34.5. The molecule has 0 aliphatic heterocycles. The lowest BCUT2D eigenvalue weighted by molar-refractivity contribution is 0.145. The first-order valence-corrected chi connectivity index (χ1v) is 27.3. The molecule has 0 aromatic rings. The molecule has 0 saturated heterocycles. The summed E-state index contributed by atoms with van der Waals surface area (Å²) in [6, 6.07) is 0. The molecule has 3 nitrogen and oxygen atoms in total. The Morgan fingerprint density at radius 2 is 1.45 bits per heavy atom. The van der Waals surface area contributed by atoms with Crippen LogP contribution in [-0.4, -0.2) is 43.8 Å². The van der Waals surface area contributed by atoms with Crippen molar-refractivity contribution in [2.45, 2.75) is 188 Å². The Bertz CT molecular complexity index is 1120. The highest BCUT2D eigenvalue weighted by molar-refractivity contribution is 6.75. The van der Waals surface area contributed by atoms with Gasteiger partial charge in [0.2, 0.25) is 0 Å². The van der Waals surface area contributed by atoms with Crippen LogP contribution in [0.15, 0.2) is 36.0 Å². The second-order valence-electron chi connectivity index (χ2n) is 19.2. The van der Waals surface area contributed by atoms with E-state index in [0.29, 0.717) is 11.8 Å². The van der Waals surface area contributed by atoms with E-state index in [-0.39, 0.29) is 33.2 Å². The highest BCUT2D eigenvalue weighted by Crippen LogP contribution is 2.47. The molecule has 0 N–H and O–H groups in total. The second kappa shape index (κ2) is 17.5. The van der Waals surface area contributed by atoms with Crippen molar-refractivity contribution in [2.24, 2.45) is 17.8 Å². The molecule has 0 aromatic heterocycles. The first-order valence-electron chi connectivity index (χ1n) is 18.6. The molecule has 0 bridgehead atoms. The van der Waals surface area contributed by atoms with Crippen molar-refractivity contribution in [1.82, 2.24) is 0 Å². The topological polar surface area (TPSA) is 27.7 Å². The molecule has 0 aromatic carbocycles. The van der Waals surface area contributed by atoms with Crippen LogP contribution in [0.1, 0.15) is 122 Å². The summed E-state index contributed by atoms with van der Waals surface area (Å²) >= 11 is 0. The summed E-state index contributed by atoms with van der Waals surface area (Å²) in [5.74, 6) is 7.41. The third-order valence-corrected chi connectivity index (χ3v) is 25.5. The van der Waals surface area contributed by atoms with Crippen LogP contribution in [0.3, 0.4) is 0 Å². The average Bonchev–Trinajstić information content (AvgIpc) is 3.17. The summed E-state index contributed by atoms with van der Waals surface area (Å²) in [6.07, 6.45) is 13.7. The Morgan fingerprint density at radius 3 is 1.96 bits per heavy atom. The third kappa shape index (κ3) is 13.5. The lowest BCUT2D eigenvalue weighted by Gasteiger charge is -2.41. The predicted octanol–water partition coefficient (Wildman–Crippen LogP) is 13.1. The van der Waals surface area contributed by atoms with Crippen LogP contribution < -0.4 is 0 Å². The van der Waals surface area contributed by atoms with Crippen LogP contribution in [0.25, 0.3) is 0 Å². The van der Waals surface area contributed by atoms with Crippen LogP contribution in [0.4, 0.5) is 0 Å². The highest BCUT2D eigenvalue weighted by Gasteiger charge is 2.46. The van der Waals surface area contributed by atoms with Gasteiger partial charge in [0.15, 0.2) is 25.0 Å². The van der Waals surface area contributed by atoms with Gasteiger partial charge in [-0.2, -0.15) is 0 Å². The van der Waals surface area contributed by atoms with E-state index < -0.39 is 25.0 Å². The second-order valence-corrected chi connectivity index (χ2v) is 33.5. The van der Waals surface area contributed by atoms with Gasteiger partial charge in [0.1, 0.15) is 0 Å². The molecular weight excluding hydrogens is 625 g/mol. The summed E-state index contributed by atoms with van der Waals surface area (Å²) in [5.41, 5.74) is 2.80. The van der Waals surface area contributed by atoms with Crippen LogP contribution in [0.5, 0.6) is 0 Å². The van der Waals surface area contributed by atoms with E-state index in [1.54, 1.807) is 0 Å². The molecule has 6 heteroatoms. The van der Waals surface area contributed by atoms with Crippen molar-refractivity contribution in [3.05, 3.63) is 36.0 Å². The van der Waals surface area contributed by atoms with Crippen LogP contribution >= 0.6 is 0 Å². The quantitative estimate of drug-likeness (QED) is 0.0693. The predicted molar refractivity (Wildman–Crippen MR) is 217 cm³/mol. The number of hydrogen-bond donors (Lipinski definition) is 0. The van der Waals surface area contributed by atoms with Crippen molar-refractivity contribution in [3.8, 4) is 11.8 Å². The first-order chi connectivity index (χ1) is 21.2. The lowest BCUT2D eigenvalue weighted by atomic mass is 9.86. The molecule has 1 rings (SSSR count). The molecule has 0 radical (unpaired) electrons. The largest absolute Gasteiger partial charge is 0.417 e. The minimum absolute atomic E-state index is 0.0324. The van der Waals surface area contributed by atoms with Gasteiger partial charge in [0.05, 0.1) is 12.2 Å².